The van der Waals surface area contributed by atoms with Crippen LogP contribution in [0.4, 0.5) is 0 Å². The van der Waals surface area contributed by atoms with E-state index in [4.69, 9.17) is 4.74 Å². The Kier molecular flexibility index (Phi) is 6.23. The van der Waals surface area contributed by atoms with E-state index in [0.717, 1.165) is 31.1 Å². The number of aromatic nitrogens is 1. The maximum absolute atomic E-state index is 12.1. The molecular weight excluding hydrogens is 326 g/mol. The van der Waals surface area contributed by atoms with Gasteiger partial charge in [-0.1, -0.05) is 23.8 Å². The van der Waals surface area contributed by atoms with Crippen molar-refractivity contribution >= 4 is 5.91 Å². The highest BCUT2D eigenvalue weighted by molar-refractivity contribution is 5.76. The summed E-state index contributed by atoms with van der Waals surface area (Å²) >= 11 is 0. The van der Waals surface area contributed by atoms with Crippen LogP contribution in [0.1, 0.15) is 30.2 Å². The van der Waals surface area contributed by atoms with Crippen LogP contribution in [0.5, 0.6) is 5.75 Å². The molecule has 2 heterocycles. The third kappa shape index (κ3) is 5.30. The van der Waals surface area contributed by atoms with Crippen molar-refractivity contribution in [3.8, 4) is 5.75 Å². The van der Waals surface area contributed by atoms with E-state index in [-0.39, 0.29) is 12.0 Å². The van der Waals surface area contributed by atoms with Crippen molar-refractivity contribution in [2.45, 2.75) is 39.3 Å². The number of benzene rings is 1. The SMILES string of the molecule is Cc1ccc2c(c1)CN(CCNC(=O)CCc1ccccn1)CC(C)O2. The van der Waals surface area contributed by atoms with Crippen molar-refractivity contribution < 1.29 is 9.53 Å². The topological polar surface area (TPSA) is 54.5 Å². The molecule has 0 spiro atoms. The van der Waals surface area contributed by atoms with Crippen LogP contribution >= 0.6 is 0 Å². The fourth-order valence-corrected chi connectivity index (χ4v) is 3.27. The first kappa shape index (κ1) is 18.4. The lowest BCUT2D eigenvalue weighted by molar-refractivity contribution is -0.121. The molecule has 1 aromatic carbocycles. The van der Waals surface area contributed by atoms with E-state index in [9.17, 15) is 4.79 Å². The van der Waals surface area contributed by atoms with Gasteiger partial charge in [-0.2, -0.15) is 0 Å². The molecular formula is C21H27N3O2. The highest BCUT2D eigenvalue weighted by Crippen LogP contribution is 2.25. The summed E-state index contributed by atoms with van der Waals surface area (Å²) < 4.78 is 6.02. The quantitative estimate of drug-likeness (QED) is 0.868. The second-order valence-electron chi connectivity index (χ2n) is 6.95. The lowest BCUT2D eigenvalue weighted by Gasteiger charge is -2.21. The number of carbonyl (C=O) groups is 1. The predicted octanol–water partition coefficient (Wildman–Crippen LogP) is 2.72. The molecule has 1 amide bonds. The second-order valence-corrected chi connectivity index (χ2v) is 6.95. The first-order valence-electron chi connectivity index (χ1n) is 9.25. The molecule has 1 aromatic heterocycles. The highest BCUT2D eigenvalue weighted by atomic mass is 16.5. The van der Waals surface area contributed by atoms with Crippen LogP contribution in [0, 0.1) is 6.92 Å². The normalized spacial score (nSPS) is 17.1. The van der Waals surface area contributed by atoms with Crippen molar-refractivity contribution in [3.05, 3.63) is 59.4 Å². The number of hydrogen-bond donors (Lipinski definition) is 1. The summed E-state index contributed by atoms with van der Waals surface area (Å²) in [6.45, 7) is 7.36. The molecule has 0 saturated heterocycles. The number of pyridine rings is 1. The summed E-state index contributed by atoms with van der Waals surface area (Å²) in [4.78, 5) is 18.6. The van der Waals surface area contributed by atoms with Crippen LogP contribution < -0.4 is 10.1 Å². The van der Waals surface area contributed by atoms with Gasteiger partial charge in [0.1, 0.15) is 11.9 Å². The molecule has 0 saturated carbocycles. The molecule has 1 unspecified atom stereocenters. The van der Waals surface area contributed by atoms with Crippen LogP contribution in [0.3, 0.4) is 0 Å². The molecule has 138 valence electrons. The van der Waals surface area contributed by atoms with Gasteiger partial charge in [0, 0.05) is 50.1 Å². The highest BCUT2D eigenvalue weighted by Gasteiger charge is 2.20. The molecule has 0 radical (unpaired) electrons. The Hall–Kier alpha value is -2.40. The Balaban J connectivity index is 1.46. The van der Waals surface area contributed by atoms with E-state index in [1.807, 2.05) is 18.2 Å². The van der Waals surface area contributed by atoms with Crippen LogP contribution in [0.25, 0.3) is 0 Å². The lowest BCUT2D eigenvalue weighted by Crippen LogP contribution is -2.37. The average molecular weight is 353 g/mol. The molecule has 26 heavy (non-hydrogen) atoms. The third-order valence-corrected chi connectivity index (χ3v) is 4.54. The molecule has 0 fully saturated rings. The zero-order valence-electron chi connectivity index (χ0n) is 15.6. The van der Waals surface area contributed by atoms with Gasteiger partial charge in [0.2, 0.25) is 5.91 Å². The fraction of sp³-hybridized carbons (Fsp3) is 0.429. The monoisotopic (exact) mass is 353 g/mol. The van der Waals surface area contributed by atoms with Gasteiger partial charge in [-0.25, -0.2) is 0 Å². The van der Waals surface area contributed by atoms with E-state index in [2.05, 4.69) is 47.2 Å². The molecule has 0 bridgehead atoms. The largest absolute Gasteiger partial charge is 0.489 e. The minimum atomic E-state index is 0.0750. The zero-order chi connectivity index (χ0) is 18.4. The summed E-state index contributed by atoms with van der Waals surface area (Å²) in [5, 5.41) is 3.02. The number of carbonyl (C=O) groups excluding carboxylic acids is 1. The smallest absolute Gasteiger partial charge is 0.220 e. The minimum Gasteiger partial charge on any atom is -0.489 e. The summed E-state index contributed by atoms with van der Waals surface area (Å²) in [6, 6.07) is 12.1. The van der Waals surface area contributed by atoms with Crippen LogP contribution in [-0.4, -0.2) is 41.5 Å². The molecule has 1 atom stereocenters. The number of rotatable bonds is 6. The van der Waals surface area contributed by atoms with Gasteiger partial charge in [0.15, 0.2) is 0 Å². The van der Waals surface area contributed by atoms with Crippen molar-refractivity contribution in [3.63, 3.8) is 0 Å². The molecule has 1 N–H and O–H groups in total. The maximum Gasteiger partial charge on any atom is 0.220 e. The molecule has 0 aliphatic carbocycles. The Labute approximate surface area is 155 Å². The van der Waals surface area contributed by atoms with E-state index >= 15 is 0 Å². The summed E-state index contributed by atoms with van der Waals surface area (Å²) in [7, 11) is 0. The standard InChI is InChI=1S/C21H27N3O2/c1-16-6-8-20-18(13-16)15-24(14-17(2)26-20)12-11-23-21(25)9-7-19-5-3-4-10-22-19/h3-6,8,10,13,17H,7,9,11-12,14-15H2,1-2H3,(H,23,25). The number of fused-ring (bicyclic) bond motifs is 1. The van der Waals surface area contributed by atoms with Crippen molar-refractivity contribution in [1.82, 2.24) is 15.2 Å². The molecule has 1 aliphatic rings. The summed E-state index contributed by atoms with van der Waals surface area (Å²) in [5.41, 5.74) is 3.41. The van der Waals surface area contributed by atoms with Gasteiger partial charge >= 0.3 is 0 Å². The predicted molar refractivity (Wildman–Crippen MR) is 102 cm³/mol. The minimum absolute atomic E-state index is 0.0750. The van der Waals surface area contributed by atoms with E-state index in [1.54, 1.807) is 6.20 Å². The fourth-order valence-electron chi connectivity index (χ4n) is 3.27. The Morgan fingerprint density at radius 3 is 3.04 bits per heavy atom. The van der Waals surface area contributed by atoms with Gasteiger partial charge in [-0.05, 0) is 38.5 Å². The second kappa shape index (κ2) is 8.81. The van der Waals surface area contributed by atoms with Crippen LogP contribution in [-0.2, 0) is 17.8 Å². The summed E-state index contributed by atoms with van der Waals surface area (Å²) in [6.07, 6.45) is 3.04. The van der Waals surface area contributed by atoms with Gasteiger partial charge < -0.3 is 10.1 Å². The first-order valence-corrected chi connectivity index (χ1v) is 9.25. The Morgan fingerprint density at radius 1 is 1.35 bits per heavy atom. The lowest BCUT2D eigenvalue weighted by atomic mass is 10.1. The van der Waals surface area contributed by atoms with E-state index < -0.39 is 0 Å². The van der Waals surface area contributed by atoms with Crippen molar-refractivity contribution in [1.29, 1.82) is 0 Å². The number of hydrogen-bond acceptors (Lipinski definition) is 4. The van der Waals surface area contributed by atoms with Gasteiger partial charge in [0.25, 0.3) is 0 Å². The van der Waals surface area contributed by atoms with Gasteiger partial charge in [-0.15, -0.1) is 0 Å². The molecule has 2 aromatic rings. The molecule has 1 aliphatic heterocycles. The van der Waals surface area contributed by atoms with Crippen LogP contribution in [0.2, 0.25) is 0 Å². The first-order chi connectivity index (χ1) is 12.6. The van der Waals surface area contributed by atoms with E-state index in [0.29, 0.717) is 19.4 Å². The Bertz CT molecular complexity index is 733. The van der Waals surface area contributed by atoms with Gasteiger partial charge in [-0.3, -0.25) is 14.7 Å². The Morgan fingerprint density at radius 2 is 2.23 bits per heavy atom. The average Bonchev–Trinajstić information content (AvgIpc) is 2.78. The molecule has 5 nitrogen and oxygen atoms in total. The number of ether oxygens (including phenoxy) is 1. The number of amides is 1. The number of nitrogens with zero attached hydrogens (tertiary/aromatic N) is 2. The molecule has 3 rings (SSSR count). The number of aryl methyl sites for hydroxylation is 2. The molecule has 5 heteroatoms. The number of nitrogens with one attached hydrogen (secondary N) is 1. The summed E-state index contributed by atoms with van der Waals surface area (Å²) in [5.74, 6) is 1.05. The maximum atomic E-state index is 12.1. The van der Waals surface area contributed by atoms with Crippen LogP contribution in [0.15, 0.2) is 42.6 Å². The van der Waals surface area contributed by atoms with Crippen molar-refractivity contribution in [2.24, 2.45) is 0 Å². The van der Waals surface area contributed by atoms with E-state index in [1.165, 1.54) is 11.1 Å². The van der Waals surface area contributed by atoms with Crippen molar-refractivity contribution in [2.75, 3.05) is 19.6 Å². The zero-order valence-corrected chi connectivity index (χ0v) is 15.6. The van der Waals surface area contributed by atoms with Gasteiger partial charge in [0.05, 0.1) is 0 Å². The third-order valence-electron chi connectivity index (χ3n) is 4.54.